The third kappa shape index (κ3) is 5.63. The Morgan fingerprint density at radius 2 is 1.69 bits per heavy atom. The molecule has 0 saturated heterocycles. The summed E-state index contributed by atoms with van der Waals surface area (Å²) < 4.78 is 57.8. The Kier molecular flexibility index (Phi) is 7.24. The van der Waals surface area contributed by atoms with Gasteiger partial charge in [0.25, 0.3) is 5.91 Å². The number of benzene rings is 1. The fraction of sp³-hybridized carbons (Fsp3) is 0.500. The monoisotopic (exact) mass is 507 g/mol. The van der Waals surface area contributed by atoms with Gasteiger partial charge >= 0.3 is 12.3 Å². The lowest BCUT2D eigenvalue weighted by Gasteiger charge is -2.43. The smallest absolute Gasteiger partial charge is 0.404 e. The van der Waals surface area contributed by atoms with Crippen molar-refractivity contribution in [2.45, 2.75) is 75.0 Å². The first-order valence-electron chi connectivity index (χ1n) is 12.0. The molecule has 0 aliphatic heterocycles. The SMILES string of the molecule is C[C@H](c1ccc(C(=O)N(C2CC2)C2CCC(COC(N)=O)(c3ccc(F)cn3)CC2)cc1)C(F)(F)F. The Morgan fingerprint density at radius 3 is 2.19 bits per heavy atom. The highest BCUT2D eigenvalue weighted by molar-refractivity contribution is 5.95. The predicted molar refractivity (Wildman–Crippen MR) is 124 cm³/mol. The molecule has 2 fully saturated rings. The Morgan fingerprint density at radius 1 is 1.08 bits per heavy atom. The molecule has 4 rings (SSSR count). The number of halogens is 4. The molecule has 0 radical (unpaired) electrons. The first-order valence-corrected chi connectivity index (χ1v) is 12.0. The lowest BCUT2D eigenvalue weighted by atomic mass is 9.70. The quantitative estimate of drug-likeness (QED) is 0.504. The minimum atomic E-state index is -4.35. The van der Waals surface area contributed by atoms with Crippen molar-refractivity contribution in [3.63, 3.8) is 0 Å². The van der Waals surface area contributed by atoms with Gasteiger partial charge in [-0.2, -0.15) is 13.2 Å². The molecule has 2 N–H and O–H groups in total. The van der Waals surface area contributed by atoms with Crippen LogP contribution in [0, 0.1) is 5.82 Å². The zero-order chi connectivity index (χ0) is 26.1. The van der Waals surface area contributed by atoms with Crippen LogP contribution in [0.15, 0.2) is 42.6 Å². The molecule has 194 valence electrons. The van der Waals surface area contributed by atoms with Crippen molar-refractivity contribution in [1.29, 1.82) is 0 Å². The standard InChI is InChI=1S/C26H29F4N3O3/c1-16(26(28,29)30)17-2-4-18(5-3-17)23(34)33(20-7-8-20)21-10-12-25(13-11-21,15-36-24(31)35)22-9-6-19(27)14-32-22/h2-6,9,14,16,20-21H,7-8,10-13,15H2,1H3,(H2,31,35)/t16-,21?,25?/m1/s1. The molecule has 1 aromatic heterocycles. The molecule has 0 unspecified atom stereocenters. The van der Waals surface area contributed by atoms with E-state index < -0.39 is 29.4 Å². The number of pyridine rings is 1. The van der Waals surface area contributed by atoms with Crippen LogP contribution in [0.1, 0.15) is 73.0 Å². The van der Waals surface area contributed by atoms with Crippen LogP contribution in [0.2, 0.25) is 0 Å². The van der Waals surface area contributed by atoms with Crippen LogP contribution in [0.25, 0.3) is 0 Å². The van der Waals surface area contributed by atoms with Gasteiger partial charge in [0.05, 0.1) is 17.8 Å². The van der Waals surface area contributed by atoms with Crippen molar-refractivity contribution in [3.8, 4) is 0 Å². The van der Waals surface area contributed by atoms with Gasteiger partial charge in [-0.15, -0.1) is 0 Å². The largest absolute Gasteiger partial charge is 0.449 e. The summed E-state index contributed by atoms with van der Waals surface area (Å²) in [6.07, 6.45) is -0.0867. The molecule has 1 atom stereocenters. The van der Waals surface area contributed by atoms with E-state index in [0.29, 0.717) is 36.9 Å². The van der Waals surface area contributed by atoms with E-state index in [1.54, 1.807) is 6.07 Å². The van der Waals surface area contributed by atoms with E-state index in [9.17, 15) is 27.2 Å². The highest BCUT2D eigenvalue weighted by Gasteiger charge is 2.45. The first-order chi connectivity index (χ1) is 17.0. The molecule has 2 aliphatic rings. The van der Waals surface area contributed by atoms with E-state index in [2.05, 4.69) is 4.98 Å². The summed E-state index contributed by atoms with van der Waals surface area (Å²) in [6, 6.07) is 8.55. The molecular formula is C26H29F4N3O3. The normalized spacial score (nSPS) is 23.1. The maximum absolute atomic E-state index is 13.5. The summed E-state index contributed by atoms with van der Waals surface area (Å²) in [5.41, 5.74) is 5.62. The second-order valence-electron chi connectivity index (χ2n) is 9.81. The third-order valence-corrected chi connectivity index (χ3v) is 7.39. The summed E-state index contributed by atoms with van der Waals surface area (Å²) in [6.45, 7) is 1.10. The zero-order valence-electron chi connectivity index (χ0n) is 19.9. The molecular weight excluding hydrogens is 478 g/mol. The van der Waals surface area contributed by atoms with E-state index in [1.807, 2.05) is 4.90 Å². The van der Waals surface area contributed by atoms with Crippen molar-refractivity contribution >= 4 is 12.0 Å². The fourth-order valence-electron chi connectivity index (χ4n) is 5.04. The summed E-state index contributed by atoms with van der Waals surface area (Å²) >= 11 is 0. The van der Waals surface area contributed by atoms with Crippen LogP contribution in [-0.4, -0.2) is 46.8 Å². The van der Waals surface area contributed by atoms with E-state index in [4.69, 9.17) is 10.5 Å². The third-order valence-electron chi connectivity index (χ3n) is 7.39. The van der Waals surface area contributed by atoms with Gasteiger partial charge in [0.15, 0.2) is 0 Å². The van der Waals surface area contributed by atoms with Gasteiger partial charge in [-0.05, 0) is 75.3 Å². The minimum absolute atomic E-state index is 0.00388. The fourth-order valence-corrected chi connectivity index (χ4v) is 5.04. The number of rotatable bonds is 7. The van der Waals surface area contributed by atoms with E-state index in [-0.39, 0.29) is 30.2 Å². The van der Waals surface area contributed by atoms with Crippen LogP contribution in [0.3, 0.4) is 0 Å². The number of nitrogens with two attached hydrogens (primary N) is 1. The van der Waals surface area contributed by atoms with Crippen LogP contribution in [0.4, 0.5) is 22.4 Å². The topological polar surface area (TPSA) is 85.5 Å². The highest BCUT2D eigenvalue weighted by Crippen LogP contribution is 2.43. The van der Waals surface area contributed by atoms with Gasteiger partial charge in [0, 0.05) is 23.1 Å². The number of nitrogens with zero attached hydrogens (tertiary/aromatic N) is 2. The van der Waals surface area contributed by atoms with E-state index in [1.165, 1.54) is 30.3 Å². The predicted octanol–water partition coefficient (Wildman–Crippen LogP) is 5.47. The average Bonchev–Trinajstić information content (AvgIpc) is 3.68. The Balaban J connectivity index is 1.50. The second-order valence-corrected chi connectivity index (χ2v) is 9.81. The lowest BCUT2D eigenvalue weighted by molar-refractivity contribution is -0.146. The molecule has 2 aromatic rings. The molecule has 2 saturated carbocycles. The van der Waals surface area contributed by atoms with Crippen LogP contribution < -0.4 is 5.73 Å². The molecule has 2 aliphatic carbocycles. The molecule has 6 nitrogen and oxygen atoms in total. The molecule has 1 heterocycles. The number of hydrogen-bond donors (Lipinski definition) is 1. The van der Waals surface area contributed by atoms with E-state index in [0.717, 1.165) is 26.0 Å². The number of hydrogen-bond acceptors (Lipinski definition) is 4. The summed E-state index contributed by atoms with van der Waals surface area (Å²) in [5, 5.41) is 0. The van der Waals surface area contributed by atoms with Crippen molar-refractivity contribution in [2.24, 2.45) is 5.73 Å². The second kappa shape index (κ2) is 10.1. The van der Waals surface area contributed by atoms with Crippen LogP contribution >= 0.6 is 0 Å². The van der Waals surface area contributed by atoms with Crippen molar-refractivity contribution in [3.05, 3.63) is 65.2 Å². The maximum atomic E-state index is 13.5. The number of carbonyl (C=O) groups is 2. The summed E-state index contributed by atoms with van der Waals surface area (Å²) in [4.78, 5) is 30.8. The molecule has 0 bridgehead atoms. The highest BCUT2D eigenvalue weighted by atomic mass is 19.4. The average molecular weight is 508 g/mol. The van der Waals surface area contributed by atoms with Gasteiger partial charge in [-0.25, -0.2) is 9.18 Å². The van der Waals surface area contributed by atoms with Gasteiger partial charge in [-0.3, -0.25) is 9.78 Å². The van der Waals surface area contributed by atoms with Crippen molar-refractivity contribution < 1.29 is 31.9 Å². The summed E-state index contributed by atoms with van der Waals surface area (Å²) in [7, 11) is 0. The first kappa shape index (κ1) is 25.9. The van der Waals surface area contributed by atoms with Crippen molar-refractivity contribution in [1.82, 2.24) is 9.88 Å². The molecule has 0 spiro atoms. The molecule has 1 aromatic carbocycles. The summed E-state index contributed by atoms with van der Waals surface area (Å²) in [5.74, 6) is -2.29. The van der Waals surface area contributed by atoms with Crippen LogP contribution in [-0.2, 0) is 10.2 Å². The van der Waals surface area contributed by atoms with Crippen LogP contribution in [0.5, 0.6) is 0 Å². The number of primary amides is 1. The van der Waals surface area contributed by atoms with Gasteiger partial charge < -0.3 is 15.4 Å². The number of alkyl halides is 3. The maximum Gasteiger partial charge on any atom is 0.404 e. The zero-order valence-corrected chi connectivity index (χ0v) is 19.9. The Bertz CT molecular complexity index is 1080. The number of aromatic nitrogens is 1. The van der Waals surface area contributed by atoms with Gasteiger partial charge in [-0.1, -0.05) is 12.1 Å². The molecule has 10 heteroatoms. The van der Waals surface area contributed by atoms with E-state index >= 15 is 0 Å². The lowest BCUT2D eigenvalue weighted by Crippen LogP contribution is -2.48. The number of amides is 2. The Labute approximate surface area is 206 Å². The van der Waals surface area contributed by atoms with Crippen molar-refractivity contribution in [2.75, 3.05) is 6.61 Å². The number of carbonyl (C=O) groups excluding carboxylic acids is 2. The van der Waals surface area contributed by atoms with Gasteiger partial charge in [0.2, 0.25) is 0 Å². The van der Waals surface area contributed by atoms with Gasteiger partial charge in [0.1, 0.15) is 12.4 Å². The molecule has 36 heavy (non-hydrogen) atoms. The number of ether oxygens (including phenoxy) is 1. The minimum Gasteiger partial charge on any atom is -0.449 e. The molecule has 2 amide bonds. The Hall–Kier alpha value is -3.17.